The number of rotatable bonds is 4. The third kappa shape index (κ3) is 3.04. The third-order valence-corrected chi connectivity index (χ3v) is 4.96. The van der Waals surface area contributed by atoms with Gasteiger partial charge in [0.25, 0.3) is 0 Å². The minimum Gasteiger partial charge on any atom is -0.370 e. The first-order valence-corrected chi connectivity index (χ1v) is 8.64. The lowest BCUT2D eigenvalue weighted by atomic mass is 10.2. The Labute approximate surface area is 139 Å². The molecule has 1 fully saturated rings. The van der Waals surface area contributed by atoms with Gasteiger partial charge in [-0.15, -0.1) is 11.3 Å². The van der Waals surface area contributed by atoms with Crippen LogP contribution in [-0.2, 0) is 11.3 Å². The molecule has 1 unspecified atom stereocenters. The molecule has 3 aromatic heterocycles. The first-order chi connectivity index (χ1) is 11.3. The van der Waals surface area contributed by atoms with Gasteiger partial charge < -0.3 is 9.64 Å². The molecule has 0 aliphatic carbocycles. The van der Waals surface area contributed by atoms with E-state index in [4.69, 9.17) is 4.74 Å². The molecule has 0 bridgehead atoms. The van der Waals surface area contributed by atoms with Gasteiger partial charge in [-0.3, -0.25) is 9.97 Å². The van der Waals surface area contributed by atoms with E-state index in [1.807, 2.05) is 25.4 Å². The van der Waals surface area contributed by atoms with Crippen LogP contribution in [0.3, 0.4) is 0 Å². The molecule has 1 aliphatic rings. The van der Waals surface area contributed by atoms with E-state index in [-0.39, 0.29) is 6.10 Å². The molecule has 1 aliphatic heterocycles. The number of aryl methyl sites for hydroxylation is 1. The summed E-state index contributed by atoms with van der Waals surface area (Å²) in [5.41, 5.74) is 3.21. The number of fused-ring (bicyclic) bond motifs is 1. The van der Waals surface area contributed by atoms with E-state index in [9.17, 15) is 0 Å². The van der Waals surface area contributed by atoms with Gasteiger partial charge in [0.2, 0.25) is 0 Å². The Kier molecular flexibility index (Phi) is 3.93. The van der Waals surface area contributed by atoms with Crippen LogP contribution in [0.1, 0.15) is 17.1 Å². The summed E-state index contributed by atoms with van der Waals surface area (Å²) in [5.74, 6) is 0. The Balaban J connectivity index is 1.45. The van der Waals surface area contributed by atoms with Crippen LogP contribution in [0.2, 0.25) is 0 Å². The van der Waals surface area contributed by atoms with Crippen molar-refractivity contribution in [2.75, 3.05) is 18.0 Å². The van der Waals surface area contributed by atoms with Gasteiger partial charge in [-0.2, -0.15) is 0 Å². The molecule has 4 heterocycles. The fourth-order valence-electron chi connectivity index (χ4n) is 3.01. The zero-order valence-electron chi connectivity index (χ0n) is 13.0. The Morgan fingerprint density at radius 1 is 1.35 bits per heavy atom. The predicted octanol–water partition coefficient (Wildman–Crippen LogP) is 3.19. The van der Waals surface area contributed by atoms with Crippen molar-refractivity contribution in [2.45, 2.75) is 26.1 Å². The van der Waals surface area contributed by atoms with Gasteiger partial charge in [0, 0.05) is 48.1 Å². The van der Waals surface area contributed by atoms with Crippen molar-refractivity contribution in [3.05, 3.63) is 46.8 Å². The van der Waals surface area contributed by atoms with Crippen LogP contribution in [0.25, 0.3) is 10.9 Å². The first kappa shape index (κ1) is 14.5. The van der Waals surface area contributed by atoms with Crippen LogP contribution in [0.5, 0.6) is 0 Å². The minimum atomic E-state index is 0.247. The van der Waals surface area contributed by atoms with E-state index in [0.29, 0.717) is 6.61 Å². The molecule has 0 amide bonds. The van der Waals surface area contributed by atoms with Crippen molar-refractivity contribution in [1.29, 1.82) is 0 Å². The van der Waals surface area contributed by atoms with Crippen LogP contribution >= 0.6 is 11.3 Å². The Morgan fingerprint density at radius 2 is 2.30 bits per heavy atom. The highest BCUT2D eigenvalue weighted by atomic mass is 32.1. The average molecular weight is 326 g/mol. The summed E-state index contributed by atoms with van der Waals surface area (Å²) in [4.78, 5) is 15.5. The fourth-order valence-corrected chi connectivity index (χ4v) is 3.61. The quantitative estimate of drug-likeness (QED) is 0.737. The van der Waals surface area contributed by atoms with Crippen molar-refractivity contribution in [3.63, 3.8) is 0 Å². The van der Waals surface area contributed by atoms with Crippen LogP contribution in [0.15, 0.2) is 36.1 Å². The zero-order valence-corrected chi connectivity index (χ0v) is 13.8. The van der Waals surface area contributed by atoms with Gasteiger partial charge in [0.15, 0.2) is 0 Å². The molecule has 0 N–H and O–H groups in total. The Hall–Kier alpha value is -2.05. The normalized spacial score (nSPS) is 18.0. The van der Waals surface area contributed by atoms with Crippen molar-refractivity contribution in [1.82, 2.24) is 15.0 Å². The van der Waals surface area contributed by atoms with Gasteiger partial charge in [-0.1, -0.05) is 0 Å². The Morgan fingerprint density at radius 3 is 3.17 bits per heavy atom. The molecule has 1 atom stereocenters. The molecule has 23 heavy (non-hydrogen) atoms. The minimum absolute atomic E-state index is 0.247. The summed E-state index contributed by atoms with van der Waals surface area (Å²) < 4.78 is 6.04. The number of ether oxygens (including phenoxy) is 1. The van der Waals surface area contributed by atoms with E-state index in [0.717, 1.165) is 41.1 Å². The lowest BCUT2D eigenvalue weighted by Gasteiger charge is -2.20. The van der Waals surface area contributed by atoms with Gasteiger partial charge in [-0.25, -0.2) is 4.98 Å². The number of thiazole rings is 1. The summed E-state index contributed by atoms with van der Waals surface area (Å²) in [6, 6.07) is 4.02. The predicted molar refractivity (Wildman–Crippen MR) is 91.8 cm³/mol. The molecule has 0 spiro atoms. The van der Waals surface area contributed by atoms with E-state index in [1.54, 1.807) is 17.5 Å². The van der Waals surface area contributed by atoms with Crippen LogP contribution in [-0.4, -0.2) is 34.1 Å². The van der Waals surface area contributed by atoms with Crippen molar-refractivity contribution >= 4 is 27.9 Å². The molecular weight excluding hydrogens is 308 g/mol. The third-order valence-electron chi connectivity index (χ3n) is 4.14. The van der Waals surface area contributed by atoms with E-state index < -0.39 is 0 Å². The van der Waals surface area contributed by atoms with Crippen LogP contribution in [0, 0.1) is 6.92 Å². The topological polar surface area (TPSA) is 51.1 Å². The van der Waals surface area contributed by atoms with Gasteiger partial charge in [-0.05, 0) is 25.5 Å². The highest BCUT2D eigenvalue weighted by Gasteiger charge is 2.24. The van der Waals surface area contributed by atoms with Crippen LogP contribution in [0.4, 0.5) is 5.69 Å². The Bertz CT molecular complexity index is 814. The van der Waals surface area contributed by atoms with Crippen molar-refractivity contribution in [3.8, 4) is 0 Å². The van der Waals surface area contributed by atoms with E-state index in [1.165, 1.54) is 5.69 Å². The maximum absolute atomic E-state index is 6.04. The standard InChI is InChI=1S/C17H18N4OS/c1-12-20-13(11-23-12)10-22-14-4-7-21(9-14)17-3-6-19-16-2-5-18-8-15(16)17/h2-3,5-6,8,11,14H,4,7,9-10H2,1H3. The fraction of sp³-hybridized carbons (Fsp3) is 0.353. The molecule has 0 aromatic carbocycles. The molecular formula is C17H18N4OS. The highest BCUT2D eigenvalue weighted by molar-refractivity contribution is 7.09. The van der Waals surface area contributed by atoms with E-state index >= 15 is 0 Å². The molecule has 3 aromatic rings. The number of anilines is 1. The molecule has 0 saturated carbocycles. The van der Waals surface area contributed by atoms with Crippen molar-refractivity contribution < 1.29 is 4.74 Å². The van der Waals surface area contributed by atoms with Crippen LogP contribution < -0.4 is 4.90 Å². The highest BCUT2D eigenvalue weighted by Crippen LogP contribution is 2.28. The molecule has 118 valence electrons. The largest absolute Gasteiger partial charge is 0.370 e. The monoisotopic (exact) mass is 326 g/mol. The number of aromatic nitrogens is 3. The summed E-state index contributed by atoms with van der Waals surface area (Å²) in [7, 11) is 0. The second-order valence-electron chi connectivity index (χ2n) is 5.75. The second kappa shape index (κ2) is 6.22. The lowest BCUT2D eigenvalue weighted by molar-refractivity contribution is 0.0536. The smallest absolute Gasteiger partial charge is 0.0901 e. The summed E-state index contributed by atoms with van der Waals surface area (Å²) in [5, 5.41) is 4.27. The number of hydrogen-bond acceptors (Lipinski definition) is 6. The molecule has 0 radical (unpaired) electrons. The first-order valence-electron chi connectivity index (χ1n) is 7.76. The molecule has 5 nitrogen and oxygen atoms in total. The van der Waals surface area contributed by atoms with Gasteiger partial charge in [0.05, 0.1) is 28.9 Å². The summed E-state index contributed by atoms with van der Waals surface area (Å²) in [6.45, 7) is 4.52. The molecule has 1 saturated heterocycles. The average Bonchev–Trinajstić information content (AvgIpc) is 3.21. The number of hydrogen-bond donors (Lipinski definition) is 0. The zero-order chi connectivity index (χ0) is 15.6. The van der Waals surface area contributed by atoms with E-state index in [2.05, 4.69) is 31.3 Å². The number of nitrogens with zero attached hydrogens (tertiary/aromatic N) is 4. The summed E-state index contributed by atoms with van der Waals surface area (Å²) in [6.07, 6.45) is 6.82. The number of pyridine rings is 2. The molecule has 4 rings (SSSR count). The lowest BCUT2D eigenvalue weighted by Crippen LogP contribution is -2.23. The summed E-state index contributed by atoms with van der Waals surface area (Å²) >= 11 is 1.67. The molecule has 6 heteroatoms. The van der Waals surface area contributed by atoms with Gasteiger partial charge in [0.1, 0.15) is 0 Å². The maximum Gasteiger partial charge on any atom is 0.0901 e. The maximum atomic E-state index is 6.04. The van der Waals surface area contributed by atoms with Crippen molar-refractivity contribution in [2.24, 2.45) is 0 Å². The van der Waals surface area contributed by atoms with Gasteiger partial charge >= 0.3 is 0 Å². The second-order valence-corrected chi connectivity index (χ2v) is 6.81. The SMILES string of the molecule is Cc1nc(COC2CCN(c3ccnc4ccncc34)C2)cs1.